The molecular weight excluding hydrogens is 406 g/mol. The molecule has 1 aliphatic heterocycles. The second-order valence-electron chi connectivity index (χ2n) is 7.88. The zero-order valence-corrected chi connectivity index (χ0v) is 19.1. The number of hydrogen-bond donors (Lipinski definition) is 1. The number of anilines is 2. The SMILES string of the molecule is CC=S(C)(=O)N1CCc2c(cccc2Nc2ccc(C)c(COc3ccccn3)c2)C1. The Kier molecular flexibility index (Phi) is 6.30. The van der Waals surface area contributed by atoms with Crippen LogP contribution in [0, 0.1) is 6.92 Å². The molecule has 2 heterocycles. The summed E-state index contributed by atoms with van der Waals surface area (Å²) in [5.74, 6) is 0.624. The maximum absolute atomic E-state index is 12.8. The Balaban J connectivity index is 1.53. The minimum absolute atomic E-state index is 0.471. The van der Waals surface area contributed by atoms with Gasteiger partial charge in [0.05, 0.1) is 0 Å². The lowest BCUT2D eigenvalue weighted by atomic mass is 9.98. The van der Waals surface area contributed by atoms with Crippen molar-refractivity contribution < 1.29 is 8.95 Å². The summed E-state index contributed by atoms with van der Waals surface area (Å²) in [7, 11) is -2.06. The number of benzene rings is 2. The highest BCUT2D eigenvalue weighted by Crippen LogP contribution is 2.30. The van der Waals surface area contributed by atoms with Crippen LogP contribution in [0.3, 0.4) is 0 Å². The van der Waals surface area contributed by atoms with Gasteiger partial charge in [0.1, 0.15) is 6.61 Å². The lowest BCUT2D eigenvalue weighted by molar-refractivity contribution is 0.293. The van der Waals surface area contributed by atoms with Crippen LogP contribution in [0.15, 0.2) is 60.8 Å². The first-order chi connectivity index (χ1) is 15.0. The van der Waals surface area contributed by atoms with Crippen LogP contribution in [0.1, 0.15) is 29.2 Å². The molecule has 6 heteroatoms. The largest absolute Gasteiger partial charge is 0.473 e. The molecular formula is C25H29N3O2S. The first kappa shape index (κ1) is 21.4. The number of hydrogen-bond acceptors (Lipinski definition) is 4. The molecule has 0 aliphatic carbocycles. The van der Waals surface area contributed by atoms with E-state index < -0.39 is 9.71 Å². The molecule has 2 aromatic carbocycles. The van der Waals surface area contributed by atoms with Gasteiger partial charge in [0.2, 0.25) is 5.88 Å². The molecule has 1 aliphatic rings. The summed E-state index contributed by atoms with van der Waals surface area (Å²) in [6, 6.07) is 18.3. The fraction of sp³-hybridized carbons (Fsp3) is 0.280. The molecule has 0 saturated heterocycles. The van der Waals surface area contributed by atoms with E-state index in [0.29, 0.717) is 19.0 Å². The smallest absolute Gasteiger partial charge is 0.213 e. The fourth-order valence-corrected chi connectivity index (χ4v) is 4.95. The topological polar surface area (TPSA) is 54.5 Å². The molecule has 0 amide bonds. The number of rotatable bonds is 6. The zero-order valence-electron chi connectivity index (χ0n) is 18.3. The van der Waals surface area contributed by atoms with Crippen LogP contribution >= 0.6 is 0 Å². The van der Waals surface area contributed by atoms with E-state index in [2.05, 4.69) is 57.9 Å². The van der Waals surface area contributed by atoms with Crippen LogP contribution in [0.2, 0.25) is 0 Å². The highest BCUT2D eigenvalue weighted by Gasteiger charge is 2.22. The van der Waals surface area contributed by atoms with Crippen LogP contribution in [0.4, 0.5) is 11.4 Å². The van der Waals surface area contributed by atoms with Gasteiger partial charge in [-0.1, -0.05) is 24.3 Å². The van der Waals surface area contributed by atoms with Crippen molar-refractivity contribution in [3.05, 3.63) is 83.0 Å². The zero-order chi connectivity index (χ0) is 21.8. The van der Waals surface area contributed by atoms with Gasteiger partial charge in [0.15, 0.2) is 0 Å². The van der Waals surface area contributed by atoms with Crippen molar-refractivity contribution in [1.82, 2.24) is 9.29 Å². The van der Waals surface area contributed by atoms with Crippen molar-refractivity contribution in [3.63, 3.8) is 0 Å². The molecule has 0 radical (unpaired) electrons. The Morgan fingerprint density at radius 1 is 1.19 bits per heavy atom. The summed E-state index contributed by atoms with van der Waals surface area (Å²) in [5.41, 5.74) is 6.98. The van der Waals surface area contributed by atoms with Crippen LogP contribution in [-0.4, -0.2) is 31.7 Å². The molecule has 1 atom stereocenters. The van der Waals surface area contributed by atoms with Gasteiger partial charge in [-0.2, -0.15) is 0 Å². The maximum atomic E-state index is 12.8. The van der Waals surface area contributed by atoms with Crippen LogP contribution in [0.25, 0.3) is 0 Å². The quantitative estimate of drug-likeness (QED) is 0.569. The molecule has 31 heavy (non-hydrogen) atoms. The van der Waals surface area contributed by atoms with E-state index in [1.807, 2.05) is 36.7 Å². The Morgan fingerprint density at radius 3 is 2.84 bits per heavy atom. The minimum atomic E-state index is -2.06. The first-order valence-corrected chi connectivity index (χ1v) is 12.5. The average molecular weight is 436 g/mol. The predicted octanol–water partition coefficient (Wildman–Crippen LogP) is 4.72. The van der Waals surface area contributed by atoms with Gasteiger partial charge in [-0.15, -0.1) is 0 Å². The van der Waals surface area contributed by atoms with E-state index in [4.69, 9.17) is 4.74 Å². The second kappa shape index (κ2) is 9.12. The third-order valence-corrected chi connectivity index (χ3v) is 8.03. The Hall–Kier alpha value is -2.83. The summed E-state index contributed by atoms with van der Waals surface area (Å²) in [6.45, 7) is 5.94. The number of aryl methyl sites for hydroxylation is 1. The summed E-state index contributed by atoms with van der Waals surface area (Å²) in [4.78, 5) is 4.23. The van der Waals surface area contributed by atoms with Gasteiger partial charge in [-0.05, 0) is 72.2 Å². The number of pyridine rings is 1. The van der Waals surface area contributed by atoms with Crippen LogP contribution < -0.4 is 10.1 Å². The molecule has 3 aromatic rings. The predicted molar refractivity (Wildman–Crippen MR) is 129 cm³/mol. The van der Waals surface area contributed by atoms with Crippen molar-refractivity contribution in [3.8, 4) is 5.88 Å². The molecule has 5 nitrogen and oxygen atoms in total. The number of fused-ring (bicyclic) bond motifs is 1. The molecule has 162 valence electrons. The van der Waals surface area contributed by atoms with Gasteiger partial charge in [0.25, 0.3) is 0 Å². The van der Waals surface area contributed by atoms with Gasteiger partial charge in [-0.3, -0.25) is 4.21 Å². The molecule has 1 N–H and O–H groups in total. The van der Waals surface area contributed by atoms with Crippen molar-refractivity contribution >= 4 is 26.5 Å². The molecule has 0 fully saturated rings. The Labute approximate surface area is 185 Å². The van der Waals surface area contributed by atoms with E-state index >= 15 is 0 Å². The number of aromatic nitrogens is 1. The highest BCUT2D eigenvalue weighted by atomic mass is 32.2. The summed E-state index contributed by atoms with van der Waals surface area (Å²) in [6.07, 6.45) is 4.43. The molecule has 0 bridgehead atoms. The van der Waals surface area contributed by atoms with E-state index in [0.717, 1.165) is 29.9 Å². The fourth-order valence-electron chi connectivity index (χ4n) is 3.80. The van der Waals surface area contributed by atoms with Crippen LogP contribution in [0.5, 0.6) is 5.88 Å². The highest BCUT2D eigenvalue weighted by molar-refractivity contribution is 7.98. The monoisotopic (exact) mass is 435 g/mol. The molecule has 0 spiro atoms. The van der Waals surface area contributed by atoms with Crippen molar-refractivity contribution in [1.29, 1.82) is 0 Å². The maximum Gasteiger partial charge on any atom is 0.213 e. The Bertz CT molecular complexity index is 1180. The third-order valence-electron chi connectivity index (χ3n) is 5.82. The van der Waals surface area contributed by atoms with Gasteiger partial charge in [-0.25, -0.2) is 9.29 Å². The third kappa shape index (κ3) is 4.92. The normalized spacial score (nSPS) is 15.6. The van der Waals surface area contributed by atoms with E-state index in [1.54, 1.807) is 6.20 Å². The van der Waals surface area contributed by atoms with Crippen molar-refractivity contribution in [2.45, 2.75) is 33.4 Å². The summed E-state index contributed by atoms with van der Waals surface area (Å²) >= 11 is 0. The lowest BCUT2D eigenvalue weighted by Crippen LogP contribution is -2.36. The van der Waals surface area contributed by atoms with Crippen molar-refractivity contribution in [2.24, 2.45) is 0 Å². The van der Waals surface area contributed by atoms with Crippen molar-refractivity contribution in [2.75, 3.05) is 18.1 Å². The van der Waals surface area contributed by atoms with Gasteiger partial charge < -0.3 is 10.1 Å². The minimum Gasteiger partial charge on any atom is -0.473 e. The number of nitrogens with one attached hydrogen (secondary N) is 1. The van der Waals surface area contributed by atoms with Gasteiger partial charge >= 0.3 is 0 Å². The van der Waals surface area contributed by atoms with E-state index in [9.17, 15) is 4.21 Å². The average Bonchev–Trinajstić information content (AvgIpc) is 2.80. The summed E-state index contributed by atoms with van der Waals surface area (Å²) < 4.78 is 20.7. The molecule has 1 unspecified atom stereocenters. The van der Waals surface area contributed by atoms with E-state index in [1.165, 1.54) is 16.7 Å². The standard InChI is InChI=1S/C25H29N3O2S/c1-4-31(3,29)28-15-13-23-20(17-28)8-7-9-24(23)27-22-12-11-19(2)21(16-22)18-30-25-10-5-6-14-26-25/h4-12,14,16,27H,13,15,17-18H2,1-3H3. The Morgan fingerprint density at radius 2 is 2.06 bits per heavy atom. The number of nitrogens with zero attached hydrogens (tertiary/aromatic N) is 2. The molecule has 1 aromatic heterocycles. The molecule has 0 saturated carbocycles. The van der Waals surface area contributed by atoms with Gasteiger partial charge in [0, 0.05) is 52.7 Å². The number of ether oxygens (including phenoxy) is 1. The lowest BCUT2D eigenvalue weighted by Gasteiger charge is -2.31. The van der Waals surface area contributed by atoms with E-state index in [-0.39, 0.29) is 0 Å². The second-order valence-corrected chi connectivity index (χ2v) is 10.6. The van der Waals surface area contributed by atoms with Crippen LogP contribution in [-0.2, 0) is 29.3 Å². The molecule has 4 rings (SSSR count). The summed E-state index contributed by atoms with van der Waals surface area (Å²) in [5, 5.41) is 5.42. The first-order valence-electron chi connectivity index (χ1n) is 10.5.